The Morgan fingerprint density at radius 3 is 2.95 bits per heavy atom. The van der Waals surface area contributed by atoms with Gasteiger partial charge in [0.25, 0.3) is 0 Å². The average Bonchev–Trinajstić information content (AvgIpc) is 2.88. The van der Waals surface area contributed by atoms with Crippen LogP contribution in [0, 0.1) is 18.3 Å². The first-order valence-electron chi connectivity index (χ1n) is 6.10. The van der Waals surface area contributed by atoms with Crippen molar-refractivity contribution in [2.45, 2.75) is 12.7 Å². The first kappa shape index (κ1) is 14.6. The van der Waals surface area contributed by atoms with E-state index in [1.807, 2.05) is 12.1 Å². The Labute approximate surface area is 126 Å². The molecule has 1 aromatic heterocycles. The number of hydrogen-bond donors (Lipinski definition) is 1. The van der Waals surface area contributed by atoms with E-state index < -0.39 is 0 Å². The lowest BCUT2D eigenvalue weighted by Gasteiger charge is -2.06. The van der Waals surface area contributed by atoms with Crippen LogP contribution in [0.15, 0.2) is 35.7 Å². The Bertz CT molecular complexity index is 643. The van der Waals surface area contributed by atoms with Crippen LogP contribution in [0.3, 0.4) is 0 Å². The van der Waals surface area contributed by atoms with Crippen LogP contribution in [-0.4, -0.2) is 11.7 Å². The summed E-state index contributed by atoms with van der Waals surface area (Å²) in [6, 6.07) is 11.9. The molecule has 0 aliphatic rings. The Hall–Kier alpha value is -1.77. The molecule has 0 aliphatic carbocycles. The van der Waals surface area contributed by atoms with Crippen LogP contribution in [0.1, 0.15) is 16.7 Å². The molecule has 0 unspecified atom stereocenters. The van der Waals surface area contributed by atoms with Crippen molar-refractivity contribution in [1.29, 1.82) is 5.26 Å². The molecular formula is C15H14N2OS2. The molecule has 0 spiro atoms. The highest BCUT2D eigenvalue weighted by atomic mass is 32.2. The van der Waals surface area contributed by atoms with Crippen LogP contribution in [0.5, 0.6) is 0 Å². The lowest BCUT2D eigenvalue weighted by atomic mass is 10.1. The van der Waals surface area contributed by atoms with Gasteiger partial charge in [-0.2, -0.15) is 5.26 Å². The molecule has 0 fully saturated rings. The average molecular weight is 302 g/mol. The van der Waals surface area contributed by atoms with Gasteiger partial charge in [0.2, 0.25) is 5.91 Å². The van der Waals surface area contributed by atoms with Crippen molar-refractivity contribution in [3.63, 3.8) is 0 Å². The van der Waals surface area contributed by atoms with Gasteiger partial charge in [-0.15, -0.1) is 23.1 Å². The molecular weight excluding hydrogens is 288 g/mol. The van der Waals surface area contributed by atoms with Gasteiger partial charge >= 0.3 is 0 Å². The second-order valence-electron chi connectivity index (χ2n) is 4.24. The fourth-order valence-electron chi connectivity index (χ4n) is 1.68. The summed E-state index contributed by atoms with van der Waals surface area (Å²) in [7, 11) is 0. The summed E-state index contributed by atoms with van der Waals surface area (Å²) < 4.78 is 0. The van der Waals surface area contributed by atoms with Crippen molar-refractivity contribution in [3.8, 4) is 6.07 Å². The molecule has 1 heterocycles. The third-order valence-electron chi connectivity index (χ3n) is 2.79. The molecule has 0 saturated carbocycles. The number of nitriles is 1. The molecule has 0 saturated heterocycles. The number of benzene rings is 1. The van der Waals surface area contributed by atoms with Gasteiger partial charge in [-0.05, 0) is 29.5 Å². The van der Waals surface area contributed by atoms with E-state index in [0.29, 0.717) is 16.3 Å². The molecule has 5 heteroatoms. The number of amides is 1. The normalized spacial score (nSPS) is 10.0. The van der Waals surface area contributed by atoms with Crippen LogP contribution >= 0.6 is 23.1 Å². The zero-order chi connectivity index (χ0) is 14.4. The minimum absolute atomic E-state index is 0.0671. The van der Waals surface area contributed by atoms with Crippen molar-refractivity contribution in [2.24, 2.45) is 0 Å². The third-order valence-corrected chi connectivity index (χ3v) is 4.60. The topological polar surface area (TPSA) is 52.9 Å². The molecule has 2 aromatic rings. The SMILES string of the molecule is Cc1ccccc1CSCC(=O)Nc1sccc1C#N. The number of thioether (sulfide) groups is 1. The van der Waals surface area contributed by atoms with Gasteiger partial charge in [-0.3, -0.25) is 4.79 Å². The molecule has 20 heavy (non-hydrogen) atoms. The fraction of sp³-hybridized carbons (Fsp3) is 0.200. The molecule has 0 aliphatic heterocycles. The summed E-state index contributed by atoms with van der Waals surface area (Å²) >= 11 is 2.94. The van der Waals surface area contributed by atoms with Crippen LogP contribution < -0.4 is 5.32 Å². The van der Waals surface area contributed by atoms with E-state index in [2.05, 4.69) is 30.4 Å². The molecule has 1 amide bonds. The van der Waals surface area contributed by atoms with Gasteiger partial charge in [-0.1, -0.05) is 24.3 Å². The van der Waals surface area contributed by atoms with Crippen molar-refractivity contribution >= 4 is 34.0 Å². The van der Waals surface area contributed by atoms with Crippen molar-refractivity contribution < 1.29 is 4.79 Å². The number of aryl methyl sites for hydroxylation is 1. The number of rotatable bonds is 5. The minimum Gasteiger partial charge on any atom is -0.316 e. The van der Waals surface area contributed by atoms with E-state index in [-0.39, 0.29) is 5.91 Å². The zero-order valence-corrected chi connectivity index (χ0v) is 12.7. The molecule has 0 atom stereocenters. The van der Waals surface area contributed by atoms with Gasteiger partial charge in [0, 0.05) is 5.75 Å². The summed E-state index contributed by atoms with van der Waals surface area (Å²) in [6.07, 6.45) is 0. The summed E-state index contributed by atoms with van der Waals surface area (Å²) in [4.78, 5) is 11.8. The number of anilines is 1. The second kappa shape index (κ2) is 7.13. The second-order valence-corrected chi connectivity index (χ2v) is 6.14. The van der Waals surface area contributed by atoms with E-state index in [4.69, 9.17) is 5.26 Å². The maximum atomic E-state index is 11.8. The highest BCUT2D eigenvalue weighted by Crippen LogP contribution is 2.22. The van der Waals surface area contributed by atoms with E-state index >= 15 is 0 Å². The molecule has 2 rings (SSSR count). The lowest BCUT2D eigenvalue weighted by Crippen LogP contribution is -2.14. The fourth-order valence-corrected chi connectivity index (χ4v) is 3.34. The quantitative estimate of drug-likeness (QED) is 0.914. The Morgan fingerprint density at radius 1 is 1.40 bits per heavy atom. The molecule has 102 valence electrons. The molecule has 0 radical (unpaired) electrons. The summed E-state index contributed by atoms with van der Waals surface area (Å²) in [5, 5.41) is 14.1. The highest BCUT2D eigenvalue weighted by molar-refractivity contribution is 7.99. The standard InChI is InChI=1S/C15H14N2OS2/c1-11-4-2-3-5-13(11)9-19-10-14(18)17-15-12(8-16)6-7-20-15/h2-7H,9-10H2,1H3,(H,17,18). The third kappa shape index (κ3) is 3.86. The number of carbonyl (C=O) groups is 1. The first-order chi connectivity index (χ1) is 9.70. The van der Waals surface area contributed by atoms with Crippen LogP contribution in [0.25, 0.3) is 0 Å². The molecule has 3 nitrogen and oxygen atoms in total. The van der Waals surface area contributed by atoms with Crippen molar-refractivity contribution in [2.75, 3.05) is 11.1 Å². The van der Waals surface area contributed by atoms with E-state index in [1.165, 1.54) is 22.5 Å². The number of thiophene rings is 1. The van der Waals surface area contributed by atoms with E-state index in [1.54, 1.807) is 23.2 Å². The van der Waals surface area contributed by atoms with Crippen LogP contribution in [0.4, 0.5) is 5.00 Å². The predicted octanol–water partition coefficient (Wildman–Crippen LogP) is 3.80. The number of nitrogens with one attached hydrogen (secondary N) is 1. The molecule has 0 bridgehead atoms. The number of hydrogen-bond acceptors (Lipinski definition) is 4. The smallest absolute Gasteiger partial charge is 0.235 e. The summed E-state index contributed by atoms with van der Waals surface area (Å²) in [5.74, 6) is 1.13. The predicted molar refractivity (Wildman–Crippen MR) is 85.0 cm³/mol. The van der Waals surface area contributed by atoms with Gasteiger partial charge in [-0.25, -0.2) is 0 Å². The van der Waals surface area contributed by atoms with Crippen LogP contribution in [0.2, 0.25) is 0 Å². The van der Waals surface area contributed by atoms with E-state index in [9.17, 15) is 4.79 Å². The highest BCUT2D eigenvalue weighted by Gasteiger charge is 2.08. The van der Waals surface area contributed by atoms with Gasteiger partial charge in [0.1, 0.15) is 11.1 Å². The zero-order valence-electron chi connectivity index (χ0n) is 11.1. The minimum atomic E-state index is -0.0671. The van der Waals surface area contributed by atoms with Gasteiger partial charge < -0.3 is 5.32 Å². The monoisotopic (exact) mass is 302 g/mol. The maximum absolute atomic E-state index is 11.8. The Morgan fingerprint density at radius 2 is 2.20 bits per heavy atom. The Balaban J connectivity index is 1.82. The maximum Gasteiger partial charge on any atom is 0.235 e. The Kier molecular flexibility index (Phi) is 5.22. The van der Waals surface area contributed by atoms with Crippen molar-refractivity contribution in [3.05, 3.63) is 52.4 Å². The van der Waals surface area contributed by atoms with Crippen molar-refractivity contribution in [1.82, 2.24) is 0 Å². The summed E-state index contributed by atoms with van der Waals surface area (Å²) in [6.45, 7) is 2.07. The largest absolute Gasteiger partial charge is 0.316 e. The first-order valence-corrected chi connectivity index (χ1v) is 8.14. The summed E-state index contributed by atoms with van der Waals surface area (Å²) in [5.41, 5.74) is 3.01. The van der Waals surface area contributed by atoms with Crippen LogP contribution in [-0.2, 0) is 10.5 Å². The lowest BCUT2D eigenvalue weighted by molar-refractivity contribution is -0.113. The van der Waals surface area contributed by atoms with Gasteiger partial charge in [0.15, 0.2) is 0 Å². The van der Waals surface area contributed by atoms with E-state index in [0.717, 1.165) is 5.75 Å². The molecule has 1 aromatic carbocycles. The molecule has 1 N–H and O–H groups in total. The van der Waals surface area contributed by atoms with Gasteiger partial charge in [0.05, 0.1) is 11.3 Å². The number of carbonyl (C=O) groups excluding carboxylic acids is 1. The number of nitrogens with zero attached hydrogens (tertiary/aromatic N) is 1.